The molecule has 0 aromatic carbocycles. The number of aromatic nitrogens is 1. The van der Waals surface area contributed by atoms with Crippen molar-refractivity contribution in [1.82, 2.24) is 4.98 Å². The van der Waals surface area contributed by atoms with Crippen LogP contribution in [-0.4, -0.2) is 30.7 Å². The second-order valence-corrected chi connectivity index (χ2v) is 5.32. The fourth-order valence-corrected chi connectivity index (χ4v) is 2.80. The normalized spacial score (nSPS) is 23.1. The van der Waals surface area contributed by atoms with E-state index in [9.17, 15) is 0 Å². The maximum Gasteiger partial charge on any atom is 0.137 e. The molecule has 0 bridgehead atoms. The topological polar surface area (TPSA) is 51.4 Å². The van der Waals surface area contributed by atoms with Crippen molar-refractivity contribution in [2.45, 2.75) is 51.1 Å². The van der Waals surface area contributed by atoms with Gasteiger partial charge in [0.25, 0.3) is 0 Å². The Labute approximate surface area is 116 Å². The van der Waals surface area contributed by atoms with E-state index in [-0.39, 0.29) is 0 Å². The van der Waals surface area contributed by atoms with Crippen LogP contribution in [0.25, 0.3) is 0 Å². The lowest BCUT2D eigenvalue weighted by Gasteiger charge is -2.36. The molecule has 106 valence electrons. The molecule has 1 heterocycles. The van der Waals surface area contributed by atoms with Crippen LogP contribution in [-0.2, 0) is 0 Å². The van der Waals surface area contributed by atoms with Gasteiger partial charge in [0.05, 0.1) is 13.3 Å². The summed E-state index contributed by atoms with van der Waals surface area (Å²) < 4.78 is 5.17. The van der Waals surface area contributed by atoms with Crippen molar-refractivity contribution in [2.75, 3.05) is 18.6 Å². The van der Waals surface area contributed by atoms with Crippen LogP contribution in [0.1, 0.15) is 39.0 Å². The summed E-state index contributed by atoms with van der Waals surface area (Å²) in [6.45, 7) is 3.27. The number of ether oxygens (including phenoxy) is 1. The molecule has 1 aromatic rings. The van der Waals surface area contributed by atoms with Crippen LogP contribution in [0.3, 0.4) is 0 Å². The van der Waals surface area contributed by atoms with Crippen molar-refractivity contribution < 1.29 is 4.74 Å². The number of hydrogen-bond donors (Lipinski definition) is 1. The molecule has 0 spiro atoms. The maximum absolute atomic E-state index is 6.00. The van der Waals surface area contributed by atoms with E-state index in [1.165, 1.54) is 12.8 Å². The van der Waals surface area contributed by atoms with Gasteiger partial charge in [-0.05, 0) is 44.2 Å². The molecule has 0 saturated heterocycles. The molecule has 0 radical (unpaired) electrons. The van der Waals surface area contributed by atoms with Gasteiger partial charge in [0.1, 0.15) is 11.6 Å². The molecule has 1 aliphatic carbocycles. The van der Waals surface area contributed by atoms with E-state index in [0.29, 0.717) is 12.1 Å². The first kappa shape index (κ1) is 14.1. The van der Waals surface area contributed by atoms with Gasteiger partial charge in [0.2, 0.25) is 0 Å². The Morgan fingerprint density at radius 3 is 2.58 bits per heavy atom. The molecule has 2 N–H and O–H groups in total. The number of anilines is 1. The third-order valence-electron chi connectivity index (χ3n) is 3.90. The zero-order valence-corrected chi connectivity index (χ0v) is 12.0. The van der Waals surface area contributed by atoms with Gasteiger partial charge in [-0.2, -0.15) is 0 Å². The highest BCUT2D eigenvalue weighted by Crippen LogP contribution is 2.26. The molecular formula is C15H25N3O. The van der Waals surface area contributed by atoms with E-state index in [0.717, 1.165) is 37.4 Å². The minimum Gasteiger partial charge on any atom is -0.495 e. The Hall–Kier alpha value is -1.29. The van der Waals surface area contributed by atoms with Crippen LogP contribution < -0.4 is 15.4 Å². The van der Waals surface area contributed by atoms with Gasteiger partial charge in [-0.25, -0.2) is 4.98 Å². The Bertz CT molecular complexity index is 371. The van der Waals surface area contributed by atoms with Crippen LogP contribution in [0, 0.1) is 0 Å². The van der Waals surface area contributed by atoms with E-state index in [1.807, 2.05) is 6.07 Å². The summed E-state index contributed by atoms with van der Waals surface area (Å²) in [5.74, 6) is 1.87. The number of hydrogen-bond acceptors (Lipinski definition) is 4. The fourth-order valence-electron chi connectivity index (χ4n) is 2.80. The van der Waals surface area contributed by atoms with Crippen LogP contribution in [0.5, 0.6) is 5.75 Å². The predicted molar refractivity (Wildman–Crippen MR) is 78.7 cm³/mol. The molecule has 1 aromatic heterocycles. The molecule has 4 heteroatoms. The molecular weight excluding hydrogens is 238 g/mol. The molecule has 1 saturated carbocycles. The number of nitrogens with zero attached hydrogens (tertiary/aromatic N) is 2. The van der Waals surface area contributed by atoms with Crippen molar-refractivity contribution >= 4 is 5.82 Å². The highest BCUT2D eigenvalue weighted by atomic mass is 16.5. The Kier molecular flexibility index (Phi) is 5.02. The molecule has 0 amide bonds. The lowest BCUT2D eigenvalue weighted by atomic mass is 9.90. The third-order valence-corrected chi connectivity index (χ3v) is 3.90. The maximum atomic E-state index is 6.00. The molecule has 0 unspecified atom stereocenters. The number of nitrogens with two attached hydrogens (primary N) is 1. The molecule has 19 heavy (non-hydrogen) atoms. The standard InChI is InChI=1S/C15H25N3O/c1-3-10-18(13-6-4-12(16)5-7-13)15-9-8-14(19-2)11-17-15/h8-9,11-13H,3-7,10,16H2,1-2H3. The quantitative estimate of drug-likeness (QED) is 0.887. The average Bonchev–Trinajstić information content (AvgIpc) is 2.46. The van der Waals surface area contributed by atoms with E-state index in [4.69, 9.17) is 10.5 Å². The van der Waals surface area contributed by atoms with Gasteiger partial charge < -0.3 is 15.4 Å². The summed E-state index contributed by atoms with van der Waals surface area (Å²) >= 11 is 0. The summed E-state index contributed by atoms with van der Waals surface area (Å²) in [5, 5.41) is 0. The first-order valence-corrected chi connectivity index (χ1v) is 7.27. The number of rotatable bonds is 5. The summed E-state index contributed by atoms with van der Waals surface area (Å²) in [6.07, 6.45) is 7.54. The Balaban J connectivity index is 2.09. The van der Waals surface area contributed by atoms with Crippen molar-refractivity contribution in [3.05, 3.63) is 18.3 Å². The molecule has 4 nitrogen and oxygen atoms in total. The van der Waals surface area contributed by atoms with Gasteiger partial charge in [0, 0.05) is 18.6 Å². The van der Waals surface area contributed by atoms with Crippen LogP contribution in [0.2, 0.25) is 0 Å². The van der Waals surface area contributed by atoms with Gasteiger partial charge in [-0.3, -0.25) is 0 Å². The molecule has 2 rings (SSSR count). The SMILES string of the molecule is CCCN(c1ccc(OC)cn1)C1CCC(N)CC1. The minimum absolute atomic E-state index is 0.392. The highest BCUT2D eigenvalue weighted by Gasteiger charge is 2.24. The van der Waals surface area contributed by atoms with Gasteiger partial charge >= 0.3 is 0 Å². The predicted octanol–water partition coefficient (Wildman–Crippen LogP) is 2.58. The van der Waals surface area contributed by atoms with Crippen LogP contribution in [0.4, 0.5) is 5.82 Å². The van der Waals surface area contributed by atoms with Gasteiger partial charge in [0.15, 0.2) is 0 Å². The van der Waals surface area contributed by atoms with E-state index in [2.05, 4.69) is 22.9 Å². The smallest absolute Gasteiger partial charge is 0.137 e. The van der Waals surface area contributed by atoms with Gasteiger partial charge in [-0.15, -0.1) is 0 Å². The minimum atomic E-state index is 0.392. The molecule has 0 aliphatic heterocycles. The Morgan fingerprint density at radius 1 is 1.32 bits per heavy atom. The van der Waals surface area contributed by atoms with E-state index < -0.39 is 0 Å². The molecule has 1 aliphatic rings. The monoisotopic (exact) mass is 263 g/mol. The largest absolute Gasteiger partial charge is 0.495 e. The first-order chi connectivity index (χ1) is 9.24. The lowest BCUT2D eigenvalue weighted by molar-refractivity contribution is 0.373. The average molecular weight is 263 g/mol. The number of methoxy groups -OCH3 is 1. The van der Waals surface area contributed by atoms with Gasteiger partial charge in [-0.1, -0.05) is 6.92 Å². The second-order valence-electron chi connectivity index (χ2n) is 5.32. The fraction of sp³-hybridized carbons (Fsp3) is 0.667. The first-order valence-electron chi connectivity index (χ1n) is 7.27. The summed E-state index contributed by atoms with van der Waals surface area (Å²) in [5.41, 5.74) is 6.00. The number of pyridine rings is 1. The second kappa shape index (κ2) is 6.75. The van der Waals surface area contributed by atoms with E-state index in [1.54, 1.807) is 13.3 Å². The molecule has 0 atom stereocenters. The Morgan fingerprint density at radius 2 is 2.05 bits per heavy atom. The third kappa shape index (κ3) is 3.60. The van der Waals surface area contributed by atoms with Crippen LogP contribution in [0.15, 0.2) is 18.3 Å². The zero-order valence-electron chi connectivity index (χ0n) is 12.0. The zero-order chi connectivity index (χ0) is 13.7. The summed E-state index contributed by atoms with van der Waals surface area (Å²) in [4.78, 5) is 6.97. The van der Waals surface area contributed by atoms with Crippen molar-refractivity contribution in [3.8, 4) is 5.75 Å². The summed E-state index contributed by atoms with van der Waals surface area (Å²) in [7, 11) is 1.67. The lowest BCUT2D eigenvalue weighted by Crippen LogP contribution is -2.41. The van der Waals surface area contributed by atoms with Crippen molar-refractivity contribution in [1.29, 1.82) is 0 Å². The summed E-state index contributed by atoms with van der Waals surface area (Å²) in [6, 6.07) is 5.02. The van der Waals surface area contributed by atoms with E-state index >= 15 is 0 Å². The van der Waals surface area contributed by atoms with Crippen LogP contribution >= 0.6 is 0 Å². The van der Waals surface area contributed by atoms with Crippen molar-refractivity contribution in [2.24, 2.45) is 5.73 Å². The highest BCUT2D eigenvalue weighted by molar-refractivity contribution is 5.42. The van der Waals surface area contributed by atoms with Crippen molar-refractivity contribution in [3.63, 3.8) is 0 Å². The molecule has 1 fully saturated rings.